The summed E-state index contributed by atoms with van der Waals surface area (Å²) in [4.78, 5) is 24.7. The summed E-state index contributed by atoms with van der Waals surface area (Å²) in [7, 11) is 2.22. The van der Waals surface area contributed by atoms with Crippen LogP contribution in [0.3, 0.4) is 0 Å². The normalized spacial score (nSPS) is 12.2. The summed E-state index contributed by atoms with van der Waals surface area (Å²) in [5.74, 6) is 0.233. The summed E-state index contributed by atoms with van der Waals surface area (Å²) >= 11 is 0. The summed E-state index contributed by atoms with van der Waals surface area (Å²) in [6.07, 6.45) is 0. The highest BCUT2D eigenvalue weighted by Gasteiger charge is 2.19. The molecule has 31 heavy (non-hydrogen) atoms. The largest absolute Gasteiger partial charge is 0.497 e. The fourth-order valence-electron chi connectivity index (χ4n) is 2.82. The van der Waals surface area contributed by atoms with E-state index < -0.39 is 21.8 Å². The van der Waals surface area contributed by atoms with Gasteiger partial charge in [0.15, 0.2) is 0 Å². The molecule has 0 saturated heterocycles. The average Bonchev–Trinajstić information content (AvgIpc) is 2.76. The Kier molecular flexibility index (Phi) is 8.01. The molecule has 168 valence electrons. The molecule has 0 aliphatic heterocycles. The van der Waals surface area contributed by atoms with Crippen molar-refractivity contribution in [3.63, 3.8) is 0 Å². The number of carbonyl (C=O) groups excluding carboxylic acids is 2. The number of benzene rings is 2. The van der Waals surface area contributed by atoms with Crippen LogP contribution in [0.4, 0.5) is 0 Å². The molecule has 0 aliphatic rings. The molecule has 1 unspecified atom stereocenters. The molecular weight excluding hydrogens is 422 g/mol. The van der Waals surface area contributed by atoms with E-state index in [1.165, 1.54) is 45.5 Å². The maximum atomic E-state index is 12.4. The number of hydrogen-bond acceptors (Lipinski definition) is 6. The van der Waals surface area contributed by atoms with Crippen molar-refractivity contribution >= 4 is 21.8 Å². The summed E-state index contributed by atoms with van der Waals surface area (Å²) in [5.41, 5.74) is 0.894. The van der Waals surface area contributed by atoms with Gasteiger partial charge in [0.05, 0.1) is 31.7 Å². The van der Waals surface area contributed by atoms with Crippen LogP contribution in [-0.4, -0.2) is 59.4 Å². The van der Waals surface area contributed by atoms with E-state index in [-0.39, 0.29) is 23.0 Å². The van der Waals surface area contributed by atoms with Crippen molar-refractivity contribution in [1.29, 1.82) is 0 Å². The first-order chi connectivity index (χ1) is 14.6. The average molecular weight is 450 g/mol. The minimum atomic E-state index is -3.67. The molecule has 0 saturated carbocycles. The maximum Gasteiger partial charge on any atom is 0.251 e. The number of ether oxygens (including phenoxy) is 2. The molecule has 2 N–H and O–H groups in total. The summed E-state index contributed by atoms with van der Waals surface area (Å²) in [6.45, 7) is 1.52. The topological polar surface area (TPSA) is 114 Å². The van der Waals surface area contributed by atoms with Gasteiger partial charge in [-0.05, 0) is 37.3 Å². The Balaban J connectivity index is 2.01. The van der Waals surface area contributed by atoms with Crippen molar-refractivity contribution in [2.75, 3.05) is 34.9 Å². The lowest BCUT2D eigenvalue weighted by molar-refractivity contribution is -0.120. The fraction of sp³-hybridized carbons (Fsp3) is 0.333. The quantitative estimate of drug-likeness (QED) is 0.601. The lowest BCUT2D eigenvalue weighted by Gasteiger charge is -2.18. The van der Waals surface area contributed by atoms with E-state index >= 15 is 0 Å². The van der Waals surface area contributed by atoms with E-state index in [1.54, 1.807) is 32.2 Å². The van der Waals surface area contributed by atoms with Crippen LogP contribution in [0.2, 0.25) is 0 Å². The molecule has 0 spiro atoms. The van der Waals surface area contributed by atoms with Crippen molar-refractivity contribution < 1.29 is 27.5 Å². The van der Waals surface area contributed by atoms with Crippen LogP contribution < -0.4 is 20.1 Å². The van der Waals surface area contributed by atoms with Crippen molar-refractivity contribution in [2.24, 2.45) is 0 Å². The van der Waals surface area contributed by atoms with Gasteiger partial charge in [-0.15, -0.1) is 0 Å². The van der Waals surface area contributed by atoms with Gasteiger partial charge in [0.25, 0.3) is 5.91 Å². The van der Waals surface area contributed by atoms with E-state index in [1.807, 2.05) is 0 Å². The molecule has 0 aliphatic carbocycles. The Labute approximate surface area is 182 Å². The van der Waals surface area contributed by atoms with Gasteiger partial charge >= 0.3 is 0 Å². The Bertz CT molecular complexity index is 1050. The molecule has 0 aromatic heterocycles. The van der Waals surface area contributed by atoms with Crippen molar-refractivity contribution in [3.05, 3.63) is 53.6 Å². The second-order valence-electron chi connectivity index (χ2n) is 6.90. The predicted octanol–water partition coefficient (Wildman–Crippen LogP) is 1.56. The van der Waals surface area contributed by atoms with Crippen LogP contribution >= 0.6 is 0 Å². The molecule has 2 aromatic rings. The third kappa shape index (κ3) is 5.96. The highest BCUT2D eigenvalue weighted by molar-refractivity contribution is 7.89. The summed E-state index contributed by atoms with van der Waals surface area (Å²) in [5, 5.41) is 5.29. The number of nitrogens with one attached hydrogen (secondary N) is 2. The van der Waals surface area contributed by atoms with Gasteiger partial charge in [0, 0.05) is 31.3 Å². The van der Waals surface area contributed by atoms with Crippen LogP contribution in [0.1, 0.15) is 28.9 Å². The zero-order chi connectivity index (χ0) is 23.2. The highest BCUT2D eigenvalue weighted by atomic mass is 32.2. The minimum absolute atomic E-state index is 0.00479. The molecule has 2 rings (SSSR count). The van der Waals surface area contributed by atoms with E-state index in [2.05, 4.69) is 10.6 Å². The van der Waals surface area contributed by atoms with Crippen LogP contribution in [-0.2, 0) is 14.8 Å². The van der Waals surface area contributed by atoms with Gasteiger partial charge in [-0.3, -0.25) is 9.59 Å². The van der Waals surface area contributed by atoms with E-state index in [4.69, 9.17) is 9.47 Å². The Morgan fingerprint density at radius 2 is 1.77 bits per heavy atom. The van der Waals surface area contributed by atoms with Crippen LogP contribution in [0.25, 0.3) is 0 Å². The van der Waals surface area contributed by atoms with E-state index in [0.717, 1.165) is 9.87 Å². The Morgan fingerprint density at radius 1 is 1.06 bits per heavy atom. The lowest BCUT2D eigenvalue weighted by Crippen LogP contribution is -2.38. The predicted molar refractivity (Wildman–Crippen MR) is 116 cm³/mol. The van der Waals surface area contributed by atoms with Crippen LogP contribution in [0.5, 0.6) is 11.5 Å². The van der Waals surface area contributed by atoms with Gasteiger partial charge in [-0.2, -0.15) is 0 Å². The second-order valence-corrected chi connectivity index (χ2v) is 9.05. The SMILES string of the molecule is COc1ccc(C(C)NC(=O)CNC(=O)c2cccc(S(=O)(=O)N(C)C)c2)c(OC)c1. The lowest BCUT2D eigenvalue weighted by atomic mass is 10.1. The number of carbonyl (C=O) groups is 2. The molecular formula is C21H27N3O6S. The first-order valence-corrected chi connectivity index (χ1v) is 10.9. The molecule has 2 aromatic carbocycles. The molecule has 2 amide bonds. The second kappa shape index (κ2) is 10.3. The standard InChI is InChI=1S/C21H27N3O6S/c1-14(18-10-9-16(29-4)12-19(18)30-5)23-20(25)13-22-21(26)15-7-6-8-17(11-15)31(27,28)24(2)3/h6-12,14H,13H2,1-5H3,(H,22,26)(H,23,25). The van der Waals surface area contributed by atoms with Crippen LogP contribution in [0.15, 0.2) is 47.4 Å². The van der Waals surface area contributed by atoms with Gasteiger partial charge in [0.2, 0.25) is 15.9 Å². The third-order valence-corrected chi connectivity index (χ3v) is 6.38. The molecule has 0 radical (unpaired) electrons. The zero-order valence-corrected chi connectivity index (χ0v) is 18.9. The molecule has 0 fully saturated rings. The van der Waals surface area contributed by atoms with E-state index in [9.17, 15) is 18.0 Å². The maximum absolute atomic E-state index is 12.4. The molecule has 9 nitrogen and oxygen atoms in total. The third-order valence-electron chi connectivity index (χ3n) is 4.57. The summed E-state index contributed by atoms with van der Waals surface area (Å²) in [6, 6.07) is 10.5. The monoisotopic (exact) mass is 449 g/mol. The number of sulfonamides is 1. The number of hydrogen-bond donors (Lipinski definition) is 2. The number of rotatable bonds is 9. The zero-order valence-electron chi connectivity index (χ0n) is 18.1. The van der Waals surface area contributed by atoms with Gasteiger partial charge < -0.3 is 20.1 Å². The van der Waals surface area contributed by atoms with E-state index in [0.29, 0.717) is 11.5 Å². The first kappa shape index (κ1) is 24.2. The van der Waals surface area contributed by atoms with Crippen LogP contribution in [0, 0.1) is 0 Å². The molecule has 1 atom stereocenters. The number of amides is 2. The summed E-state index contributed by atoms with van der Waals surface area (Å²) < 4.78 is 36.0. The fourth-order valence-corrected chi connectivity index (χ4v) is 3.77. The molecule has 0 heterocycles. The van der Waals surface area contributed by atoms with Crippen molar-refractivity contribution in [1.82, 2.24) is 14.9 Å². The highest BCUT2D eigenvalue weighted by Crippen LogP contribution is 2.29. The van der Waals surface area contributed by atoms with Gasteiger partial charge in [0.1, 0.15) is 11.5 Å². The molecule has 10 heteroatoms. The minimum Gasteiger partial charge on any atom is -0.497 e. The number of nitrogens with zero attached hydrogens (tertiary/aromatic N) is 1. The van der Waals surface area contributed by atoms with Crippen molar-refractivity contribution in [2.45, 2.75) is 17.9 Å². The van der Waals surface area contributed by atoms with Crippen molar-refractivity contribution in [3.8, 4) is 11.5 Å². The van der Waals surface area contributed by atoms with Gasteiger partial charge in [-0.25, -0.2) is 12.7 Å². The van der Waals surface area contributed by atoms with Gasteiger partial charge in [-0.1, -0.05) is 6.07 Å². The molecule has 0 bridgehead atoms. The Morgan fingerprint density at radius 3 is 2.39 bits per heavy atom. The number of methoxy groups -OCH3 is 2. The first-order valence-electron chi connectivity index (χ1n) is 9.42. The Hall–Kier alpha value is -3.11. The smallest absolute Gasteiger partial charge is 0.251 e.